The van der Waals surface area contributed by atoms with E-state index in [1.807, 2.05) is 13.8 Å². The Morgan fingerprint density at radius 2 is 1.72 bits per heavy atom. The van der Waals surface area contributed by atoms with Crippen molar-refractivity contribution in [2.24, 2.45) is 0 Å². The van der Waals surface area contributed by atoms with Crippen molar-refractivity contribution in [3.8, 4) is 5.75 Å². The lowest BCUT2D eigenvalue weighted by atomic mass is 10.1. The summed E-state index contributed by atoms with van der Waals surface area (Å²) in [4.78, 5) is 28.3. The summed E-state index contributed by atoms with van der Waals surface area (Å²) in [5, 5.41) is 3.31. The van der Waals surface area contributed by atoms with E-state index >= 15 is 0 Å². The molecule has 0 radical (unpaired) electrons. The number of nitrogens with one attached hydrogen (secondary N) is 1. The minimum absolute atomic E-state index is 0.0296. The van der Waals surface area contributed by atoms with Gasteiger partial charge in [-0.05, 0) is 62.2 Å². The second-order valence-corrected chi connectivity index (χ2v) is 11.4. The van der Waals surface area contributed by atoms with E-state index in [1.165, 1.54) is 24.1 Å². The standard InChI is InChI=1S/C29H34ClN3O5S/c1-5-17-31-29(35)22(3)32(19-23-9-8-10-24(30)18-23)28(34)20-33(26-11-6-7-12-27(26)38-4)39(36,37)25-15-13-21(2)14-16-25/h6-16,18,22H,5,17,19-20H2,1-4H3,(H,31,35). The van der Waals surface area contributed by atoms with E-state index in [0.29, 0.717) is 17.1 Å². The summed E-state index contributed by atoms with van der Waals surface area (Å²) in [5.41, 5.74) is 1.81. The van der Waals surface area contributed by atoms with Gasteiger partial charge in [-0.2, -0.15) is 0 Å². The van der Waals surface area contributed by atoms with Gasteiger partial charge in [-0.3, -0.25) is 13.9 Å². The fraction of sp³-hybridized carbons (Fsp3) is 0.310. The van der Waals surface area contributed by atoms with E-state index in [2.05, 4.69) is 5.32 Å². The number of ether oxygens (including phenoxy) is 1. The van der Waals surface area contributed by atoms with Crippen LogP contribution in [0.2, 0.25) is 5.02 Å². The van der Waals surface area contributed by atoms with E-state index in [4.69, 9.17) is 16.3 Å². The van der Waals surface area contributed by atoms with E-state index in [1.54, 1.807) is 67.6 Å². The smallest absolute Gasteiger partial charge is 0.264 e. The Morgan fingerprint density at radius 1 is 1.03 bits per heavy atom. The number of carbonyl (C=O) groups excluding carboxylic acids is 2. The number of anilines is 1. The average molecular weight is 572 g/mol. The lowest BCUT2D eigenvalue weighted by molar-refractivity contribution is -0.139. The van der Waals surface area contributed by atoms with Crippen molar-refractivity contribution in [3.63, 3.8) is 0 Å². The first-order chi connectivity index (χ1) is 18.6. The van der Waals surface area contributed by atoms with Gasteiger partial charge in [0, 0.05) is 18.1 Å². The SMILES string of the molecule is CCCNC(=O)C(C)N(Cc1cccc(Cl)c1)C(=O)CN(c1ccccc1OC)S(=O)(=O)c1ccc(C)cc1. The third kappa shape index (κ3) is 7.52. The van der Waals surface area contributed by atoms with Crippen LogP contribution in [-0.4, -0.2) is 51.4 Å². The molecule has 0 aliphatic rings. The van der Waals surface area contributed by atoms with E-state index in [9.17, 15) is 18.0 Å². The van der Waals surface area contributed by atoms with Crippen LogP contribution in [0.25, 0.3) is 0 Å². The summed E-state index contributed by atoms with van der Waals surface area (Å²) in [6.45, 7) is 5.37. The number of hydrogen-bond donors (Lipinski definition) is 1. The highest BCUT2D eigenvalue weighted by molar-refractivity contribution is 7.92. The van der Waals surface area contributed by atoms with Crippen LogP contribution in [0.5, 0.6) is 5.75 Å². The maximum absolute atomic E-state index is 13.9. The van der Waals surface area contributed by atoms with Gasteiger partial charge >= 0.3 is 0 Å². The van der Waals surface area contributed by atoms with Gasteiger partial charge in [0.2, 0.25) is 11.8 Å². The predicted molar refractivity (Wildman–Crippen MR) is 153 cm³/mol. The van der Waals surface area contributed by atoms with Crippen molar-refractivity contribution >= 4 is 39.1 Å². The number of rotatable bonds is 12. The third-order valence-corrected chi connectivity index (χ3v) is 8.21. The Kier molecular flexibility index (Phi) is 10.4. The molecule has 0 saturated heterocycles. The third-order valence-electron chi connectivity index (χ3n) is 6.20. The summed E-state index contributed by atoms with van der Waals surface area (Å²) in [6, 6.07) is 19.1. The molecule has 0 aliphatic heterocycles. The number of amides is 2. The van der Waals surface area contributed by atoms with Crippen molar-refractivity contribution in [2.45, 2.75) is 44.7 Å². The summed E-state index contributed by atoms with van der Waals surface area (Å²) in [5.74, 6) is -0.607. The predicted octanol–water partition coefficient (Wildman–Crippen LogP) is 4.80. The number of benzene rings is 3. The molecule has 2 amide bonds. The summed E-state index contributed by atoms with van der Waals surface area (Å²) >= 11 is 6.17. The van der Waals surface area contributed by atoms with Crippen LogP contribution in [0.15, 0.2) is 77.7 Å². The van der Waals surface area contributed by atoms with Crippen LogP contribution in [0.4, 0.5) is 5.69 Å². The average Bonchev–Trinajstić information content (AvgIpc) is 2.93. The second kappa shape index (κ2) is 13.5. The van der Waals surface area contributed by atoms with Crippen molar-refractivity contribution in [1.82, 2.24) is 10.2 Å². The summed E-state index contributed by atoms with van der Waals surface area (Å²) < 4.78 is 34.3. The molecular weight excluding hydrogens is 538 g/mol. The zero-order chi connectivity index (χ0) is 28.6. The maximum Gasteiger partial charge on any atom is 0.264 e. The number of halogens is 1. The second-order valence-electron chi connectivity index (χ2n) is 9.12. The Balaban J connectivity index is 2.06. The first-order valence-corrected chi connectivity index (χ1v) is 14.4. The number of methoxy groups -OCH3 is 1. The molecule has 10 heteroatoms. The molecule has 3 aromatic carbocycles. The number of para-hydroxylation sites is 2. The van der Waals surface area contributed by atoms with Gasteiger partial charge in [0.15, 0.2) is 0 Å². The fourth-order valence-corrected chi connectivity index (χ4v) is 5.63. The quantitative estimate of drug-likeness (QED) is 0.337. The van der Waals surface area contributed by atoms with Crippen molar-refractivity contribution in [3.05, 3.63) is 88.9 Å². The Labute approximate surface area is 235 Å². The minimum atomic E-state index is -4.19. The van der Waals surface area contributed by atoms with Gasteiger partial charge < -0.3 is 15.0 Å². The number of sulfonamides is 1. The van der Waals surface area contributed by atoms with Gasteiger partial charge in [-0.15, -0.1) is 0 Å². The van der Waals surface area contributed by atoms with Crippen molar-refractivity contribution in [1.29, 1.82) is 0 Å². The van der Waals surface area contributed by atoms with Gasteiger partial charge in [-0.25, -0.2) is 8.42 Å². The van der Waals surface area contributed by atoms with E-state index in [-0.39, 0.29) is 28.8 Å². The molecule has 0 spiro atoms. The molecule has 0 aliphatic carbocycles. The zero-order valence-corrected chi connectivity index (χ0v) is 24.1. The van der Waals surface area contributed by atoms with E-state index in [0.717, 1.165) is 16.3 Å². The molecule has 0 fully saturated rings. The lowest BCUT2D eigenvalue weighted by Gasteiger charge is -2.32. The van der Waals surface area contributed by atoms with Gasteiger partial charge in [0.1, 0.15) is 18.3 Å². The molecule has 0 bridgehead atoms. The van der Waals surface area contributed by atoms with Crippen LogP contribution in [0, 0.1) is 6.92 Å². The van der Waals surface area contributed by atoms with Crippen LogP contribution in [0.1, 0.15) is 31.4 Å². The first kappa shape index (κ1) is 30.0. The molecule has 208 valence electrons. The highest BCUT2D eigenvalue weighted by Crippen LogP contribution is 2.32. The molecule has 0 aromatic heterocycles. The van der Waals surface area contributed by atoms with Crippen LogP contribution < -0.4 is 14.4 Å². The highest BCUT2D eigenvalue weighted by Gasteiger charge is 2.33. The van der Waals surface area contributed by atoms with Gasteiger partial charge in [-0.1, -0.05) is 60.5 Å². The largest absolute Gasteiger partial charge is 0.495 e. The monoisotopic (exact) mass is 571 g/mol. The van der Waals surface area contributed by atoms with Crippen LogP contribution in [-0.2, 0) is 26.2 Å². The molecule has 1 atom stereocenters. The van der Waals surface area contributed by atoms with Crippen LogP contribution in [0.3, 0.4) is 0 Å². The summed E-state index contributed by atoms with van der Waals surface area (Å²) in [7, 11) is -2.75. The molecule has 3 aromatic rings. The number of nitrogens with zero attached hydrogens (tertiary/aromatic N) is 2. The lowest BCUT2D eigenvalue weighted by Crippen LogP contribution is -2.51. The molecule has 3 rings (SSSR count). The number of carbonyl (C=O) groups is 2. The molecule has 39 heavy (non-hydrogen) atoms. The Morgan fingerprint density at radius 3 is 2.36 bits per heavy atom. The van der Waals surface area contributed by atoms with Crippen molar-refractivity contribution in [2.75, 3.05) is 24.5 Å². The molecular formula is C29H34ClN3O5S. The Bertz CT molecular complexity index is 1400. The number of hydrogen-bond acceptors (Lipinski definition) is 5. The molecule has 1 unspecified atom stereocenters. The summed E-state index contributed by atoms with van der Waals surface area (Å²) in [6.07, 6.45) is 0.733. The highest BCUT2D eigenvalue weighted by atomic mass is 35.5. The zero-order valence-electron chi connectivity index (χ0n) is 22.6. The molecule has 0 heterocycles. The van der Waals surface area contributed by atoms with E-state index < -0.39 is 28.5 Å². The molecule has 8 nitrogen and oxygen atoms in total. The van der Waals surface area contributed by atoms with Crippen LogP contribution >= 0.6 is 11.6 Å². The number of aryl methyl sites for hydroxylation is 1. The first-order valence-electron chi connectivity index (χ1n) is 12.6. The fourth-order valence-electron chi connectivity index (χ4n) is 4.00. The molecule has 1 N–H and O–H groups in total. The molecule has 0 saturated carbocycles. The van der Waals surface area contributed by atoms with Gasteiger partial charge in [0.05, 0.1) is 17.7 Å². The van der Waals surface area contributed by atoms with Gasteiger partial charge in [0.25, 0.3) is 10.0 Å². The van der Waals surface area contributed by atoms with Crippen molar-refractivity contribution < 1.29 is 22.7 Å². The normalized spacial score (nSPS) is 11.9. The minimum Gasteiger partial charge on any atom is -0.495 e. The topological polar surface area (TPSA) is 96.0 Å². The Hall–Kier alpha value is -3.56. The maximum atomic E-state index is 13.9.